The molecule has 1 aromatic rings. The van der Waals surface area contributed by atoms with Crippen LogP contribution < -0.4 is 0 Å². The van der Waals surface area contributed by atoms with E-state index in [1.165, 1.54) is 17.5 Å². The number of nitrogens with zero attached hydrogens (tertiary/aromatic N) is 1. The zero-order chi connectivity index (χ0) is 10.2. The van der Waals surface area contributed by atoms with Crippen LogP contribution in [0, 0.1) is 6.92 Å². The fraction of sp³-hybridized carbons (Fsp3) is 0.583. The molecule has 0 bridgehead atoms. The lowest BCUT2D eigenvalue weighted by Crippen LogP contribution is -2.19. The largest absolute Gasteiger partial charge is 0.264 e. The summed E-state index contributed by atoms with van der Waals surface area (Å²) in [4.78, 5) is 4.22. The molecule has 2 atom stereocenters. The van der Waals surface area contributed by atoms with Gasteiger partial charge in [-0.2, -0.15) is 0 Å². The molecule has 1 aliphatic carbocycles. The summed E-state index contributed by atoms with van der Waals surface area (Å²) in [6, 6.07) is 2.09. The third-order valence-electron chi connectivity index (χ3n) is 3.37. The number of pyridine rings is 1. The molecule has 2 unspecified atom stereocenters. The molecule has 0 aliphatic heterocycles. The van der Waals surface area contributed by atoms with Crippen molar-refractivity contribution in [3.05, 3.63) is 29.6 Å². The zero-order valence-electron chi connectivity index (χ0n) is 8.76. The molecule has 1 heterocycles. The van der Waals surface area contributed by atoms with Crippen LogP contribution in [-0.2, 0) is 5.41 Å². The maximum atomic E-state index is 6.18. The summed E-state index contributed by atoms with van der Waals surface area (Å²) in [5.41, 5.74) is 2.97. The van der Waals surface area contributed by atoms with Gasteiger partial charge in [0.2, 0.25) is 0 Å². The molecule has 14 heavy (non-hydrogen) atoms. The van der Waals surface area contributed by atoms with Crippen LogP contribution in [0.25, 0.3) is 0 Å². The minimum atomic E-state index is 0.255. The van der Waals surface area contributed by atoms with E-state index in [1.807, 2.05) is 12.4 Å². The van der Waals surface area contributed by atoms with Gasteiger partial charge in [0.1, 0.15) is 0 Å². The fourth-order valence-electron chi connectivity index (χ4n) is 2.51. The standard InChI is InChI=1S/C12H16ClN/c1-9-4-6-14-8-11(9)12(2)5-3-10(13)7-12/h4,6,8,10H,3,5,7H2,1-2H3. The van der Waals surface area contributed by atoms with Crippen molar-refractivity contribution in [2.24, 2.45) is 0 Å². The molecule has 1 fully saturated rings. The Balaban J connectivity index is 2.35. The molecule has 1 nitrogen and oxygen atoms in total. The van der Waals surface area contributed by atoms with Crippen LogP contribution in [0.5, 0.6) is 0 Å². The molecule has 0 spiro atoms. The van der Waals surface area contributed by atoms with E-state index in [0.717, 1.165) is 12.8 Å². The minimum absolute atomic E-state index is 0.255. The summed E-state index contributed by atoms with van der Waals surface area (Å²) >= 11 is 6.18. The van der Waals surface area contributed by atoms with Crippen molar-refractivity contribution in [2.75, 3.05) is 0 Å². The minimum Gasteiger partial charge on any atom is -0.264 e. The van der Waals surface area contributed by atoms with Gasteiger partial charge in [0.25, 0.3) is 0 Å². The van der Waals surface area contributed by atoms with Crippen molar-refractivity contribution >= 4 is 11.6 Å². The number of alkyl halides is 1. The van der Waals surface area contributed by atoms with Gasteiger partial charge < -0.3 is 0 Å². The van der Waals surface area contributed by atoms with E-state index < -0.39 is 0 Å². The predicted octanol–water partition coefficient (Wildman–Crippen LogP) is 3.44. The monoisotopic (exact) mass is 209 g/mol. The van der Waals surface area contributed by atoms with Gasteiger partial charge in [-0.3, -0.25) is 4.98 Å². The highest BCUT2D eigenvalue weighted by atomic mass is 35.5. The topological polar surface area (TPSA) is 12.9 Å². The van der Waals surface area contributed by atoms with Gasteiger partial charge in [0, 0.05) is 17.8 Å². The Hall–Kier alpha value is -0.560. The van der Waals surface area contributed by atoms with Crippen molar-refractivity contribution in [2.45, 2.75) is 43.9 Å². The van der Waals surface area contributed by atoms with Crippen molar-refractivity contribution in [3.8, 4) is 0 Å². The summed E-state index contributed by atoms with van der Waals surface area (Å²) in [7, 11) is 0. The van der Waals surface area contributed by atoms with Gasteiger partial charge in [-0.25, -0.2) is 0 Å². The van der Waals surface area contributed by atoms with E-state index in [1.54, 1.807) is 0 Å². The molecule has 0 amide bonds. The molecule has 0 saturated heterocycles. The lowest BCUT2D eigenvalue weighted by molar-refractivity contribution is 0.487. The molecule has 0 radical (unpaired) electrons. The van der Waals surface area contributed by atoms with E-state index >= 15 is 0 Å². The molecule has 76 valence electrons. The van der Waals surface area contributed by atoms with Crippen molar-refractivity contribution in [1.29, 1.82) is 0 Å². The first-order valence-electron chi connectivity index (χ1n) is 5.17. The fourth-order valence-corrected chi connectivity index (χ4v) is 2.96. The Bertz CT molecular complexity index is 337. The SMILES string of the molecule is Cc1ccncc1C1(C)CCC(Cl)C1. The van der Waals surface area contributed by atoms with E-state index in [2.05, 4.69) is 24.9 Å². The van der Waals surface area contributed by atoms with Gasteiger partial charge in [0.15, 0.2) is 0 Å². The summed E-state index contributed by atoms with van der Waals surface area (Å²) < 4.78 is 0. The van der Waals surface area contributed by atoms with Crippen LogP contribution in [0.2, 0.25) is 0 Å². The van der Waals surface area contributed by atoms with Crippen molar-refractivity contribution in [3.63, 3.8) is 0 Å². The lowest BCUT2D eigenvalue weighted by atomic mass is 9.80. The Labute approximate surface area is 90.5 Å². The molecule has 1 saturated carbocycles. The Morgan fingerprint density at radius 3 is 2.93 bits per heavy atom. The predicted molar refractivity (Wildman–Crippen MR) is 59.8 cm³/mol. The summed E-state index contributed by atoms with van der Waals surface area (Å²) in [6.07, 6.45) is 7.26. The first-order valence-corrected chi connectivity index (χ1v) is 5.61. The molecule has 2 heteroatoms. The number of aryl methyl sites for hydroxylation is 1. The number of aromatic nitrogens is 1. The zero-order valence-corrected chi connectivity index (χ0v) is 9.51. The number of hydrogen-bond acceptors (Lipinski definition) is 1. The maximum absolute atomic E-state index is 6.18. The van der Waals surface area contributed by atoms with Crippen molar-refractivity contribution in [1.82, 2.24) is 4.98 Å². The number of halogens is 1. The smallest absolute Gasteiger partial charge is 0.0344 e. The summed E-state index contributed by atoms with van der Waals surface area (Å²) in [5, 5.41) is 0.347. The molecule has 0 aromatic carbocycles. The molecule has 1 aliphatic rings. The maximum Gasteiger partial charge on any atom is 0.0344 e. The lowest BCUT2D eigenvalue weighted by Gasteiger charge is -2.25. The number of hydrogen-bond donors (Lipinski definition) is 0. The van der Waals surface area contributed by atoms with Crippen LogP contribution in [0.3, 0.4) is 0 Å². The van der Waals surface area contributed by atoms with E-state index in [-0.39, 0.29) is 5.41 Å². The Kier molecular flexibility index (Phi) is 2.52. The molecule has 2 rings (SSSR count). The Morgan fingerprint density at radius 1 is 1.57 bits per heavy atom. The van der Waals surface area contributed by atoms with Crippen LogP contribution in [-0.4, -0.2) is 10.4 Å². The third kappa shape index (κ3) is 1.66. The van der Waals surface area contributed by atoms with Crippen LogP contribution in [0.4, 0.5) is 0 Å². The molecule has 0 N–H and O–H groups in total. The second kappa shape index (κ2) is 3.54. The van der Waals surface area contributed by atoms with Gasteiger partial charge in [-0.05, 0) is 48.8 Å². The second-order valence-electron chi connectivity index (χ2n) is 4.59. The summed E-state index contributed by atoms with van der Waals surface area (Å²) in [5.74, 6) is 0. The first kappa shape index (κ1) is 9.97. The van der Waals surface area contributed by atoms with Crippen LogP contribution >= 0.6 is 11.6 Å². The van der Waals surface area contributed by atoms with Crippen molar-refractivity contribution < 1.29 is 0 Å². The molecular formula is C12H16ClN. The number of rotatable bonds is 1. The second-order valence-corrected chi connectivity index (χ2v) is 5.21. The van der Waals surface area contributed by atoms with E-state index in [0.29, 0.717) is 5.38 Å². The quantitative estimate of drug-likeness (QED) is 0.646. The van der Waals surface area contributed by atoms with E-state index in [9.17, 15) is 0 Å². The molecule has 1 aromatic heterocycles. The first-order chi connectivity index (χ1) is 6.62. The highest BCUT2D eigenvalue weighted by Crippen LogP contribution is 2.43. The average molecular weight is 210 g/mol. The summed E-state index contributed by atoms with van der Waals surface area (Å²) in [6.45, 7) is 4.46. The van der Waals surface area contributed by atoms with Crippen LogP contribution in [0.1, 0.15) is 37.3 Å². The van der Waals surface area contributed by atoms with Crippen LogP contribution in [0.15, 0.2) is 18.5 Å². The van der Waals surface area contributed by atoms with Gasteiger partial charge >= 0.3 is 0 Å². The third-order valence-corrected chi connectivity index (χ3v) is 3.74. The normalized spacial score (nSPS) is 32.1. The van der Waals surface area contributed by atoms with E-state index in [4.69, 9.17) is 11.6 Å². The van der Waals surface area contributed by atoms with Gasteiger partial charge in [0.05, 0.1) is 0 Å². The Morgan fingerprint density at radius 2 is 2.36 bits per heavy atom. The highest BCUT2D eigenvalue weighted by Gasteiger charge is 2.36. The van der Waals surface area contributed by atoms with Gasteiger partial charge in [-0.1, -0.05) is 6.92 Å². The highest BCUT2D eigenvalue weighted by molar-refractivity contribution is 6.20. The molecular weight excluding hydrogens is 194 g/mol. The average Bonchev–Trinajstić information content (AvgIpc) is 2.48. The van der Waals surface area contributed by atoms with Gasteiger partial charge in [-0.15, -0.1) is 11.6 Å².